The Morgan fingerprint density at radius 1 is 1.50 bits per heavy atom. The van der Waals surface area contributed by atoms with Crippen LogP contribution in [0.4, 0.5) is 5.69 Å². The van der Waals surface area contributed by atoms with Crippen molar-refractivity contribution in [1.29, 1.82) is 5.26 Å². The second-order valence-electron chi connectivity index (χ2n) is 4.53. The predicted molar refractivity (Wildman–Crippen MR) is 92.5 cm³/mol. The van der Waals surface area contributed by atoms with Crippen LogP contribution in [0.5, 0.6) is 0 Å². The number of benzene rings is 1. The lowest BCUT2D eigenvalue weighted by atomic mass is 10.3. The predicted octanol–water partition coefficient (Wildman–Crippen LogP) is 2.84. The van der Waals surface area contributed by atoms with Crippen LogP contribution in [0.1, 0.15) is 13.3 Å². The van der Waals surface area contributed by atoms with Gasteiger partial charge in [0.2, 0.25) is 11.8 Å². The number of thiocyanates is 1. The molecule has 1 aliphatic rings. The van der Waals surface area contributed by atoms with E-state index < -0.39 is 0 Å². The lowest BCUT2D eigenvalue weighted by Crippen LogP contribution is -2.33. The Balaban J connectivity index is 1.84. The van der Waals surface area contributed by atoms with Gasteiger partial charge in [-0.2, -0.15) is 5.26 Å². The Bertz CT molecular complexity index is 640. The first-order valence-corrected chi connectivity index (χ1v) is 8.59. The molecule has 1 N–H and O–H groups in total. The van der Waals surface area contributed by atoms with E-state index in [1.54, 1.807) is 31.2 Å². The van der Waals surface area contributed by atoms with E-state index in [4.69, 9.17) is 17.5 Å². The molecule has 1 aromatic rings. The van der Waals surface area contributed by atoms with Gasteiger partial charge in [-0.05, 0) is 43.0 Å². The summed E-state index contributed by atoms with van der Waals surface area (Å²) in [4.78, 5) is 26.1. The maximum Gasteiger partial charge on any atom is 0.241 e. The molecule has 22 heavy (non-hydrogen) atoms. The number of nitriles is 1. The molecule has 1 heterocycles. The SMILES string of the molecule is CC1SC(=S)N(CCC(=O)Nc2ccc(SC#N)cc2)C1=O. The van der Waals surface area contributed by atoms with Gasteiger partial charge in [-0.1, -0.05) is 24.0 Å². The van der Waals surface area contributed by atoms with Gasteiger partial charge in [-0.25, -0.2) is 0 Å². The first kappa shape index (κ1) is 16.8. The summed E-state index contributed by atoms with van der Waals surface area (Å²) in [6.45, 7) is 2.10. The van der Waals surface area contributed by atoms with Crippen LogP contribution in [-0.2, 0) is 9.59 Å². The molecular weight excluding hydrogens is 338 g/mol. The molecule has 0 radical (unpaired) electrons. The number of nitrogens with zero attached hydrogens (tertiary/aromatic N) is 2. The fraction of sp³-hybridized carbons (Fsp3) is 0.286. The minimum Gasteiger partial charge on any atom is -0.326 e. The molecule has 1 fully saturated rings. The Morgan fingerprint density at radius 2 is 2.18 bits per heavy atom. The third-order valence-corrected chi connectivity index (χ3v) is 5.06. The molecule has 0 bridgehead atoms. The Hall–Kier alpha value is -1.56. The largest absolute Gasteiger partial charge is 0.326 e. The van der Waals surface area contributed by atoms with E-state index in [9.17, 15) is 9.59 Å². The summed E-state index contributed by atoms with van der Waals surface area (Å²) in [6.07, 6.45) is 0.188. The normalized spacial score (nSPS) is 17.5. The van der Waals surface area contributed by atoms with Crippen LogP contribution in [0.25, 0.3) is 0 Å². The lowest BCUT2D eigenvalue weighted by molar-refractivity contribution is -0.126. The number of nitrogens with one attached hydrogen (secondary N) is 1. The second-order valence-corrected chi connectivity index (χ2v) is 7.36. The molecule has 2 rings (SSSR count). The van der Waals surface area contributed by atoms with Gasteiger partial charge in [0.15, 0.2) is 0 Å². The topological polar surface area (TPSA) is 73.2 Å². The molecule has 8 heteroatoms. The molecule has 2 amide bonds. The number of carbonyl (C=O) groups excluding carboxylic acids is 2. The van der Waals surface area contributed by atoms with E-state index in [2.05, 4.69) is 5.32 Å². The van der Waals surface area contributed by atoms with Gasteiger partial charge < -0.3 is 5.32 Å². The molecule has 1 unspecified atom stereocenters. The van der Waals surface area contributed by atoms with E-state index in [0.29, 0.717) is 16.6 Å². The van der Waals surface area contributed by atoms with Crippen molar-refractivity contribution < 1.29 is 9.59 Å². The lowest BCUT2D eigenvalue weighted by Gasteiger charge is -2.14. The van der Waals surface area contributed by atoms with Crippen LogP contribution in [-0.4, -0.2) is 32.8 Å². The number of amides is 2. The number of hydrogen-bond donors (Lipinski definition) is 1. The Morgan fingerprint density at radius 3 is 2.73 bits per heavy atom. The van der Waals surface area contributed by atoms with Gasteiger partial charge in [-0.3, -0.25) is 14.5 Å². The van der Waals surface area contributed by atoms with Crippen molar-refractivity contribution in [2.75, 3.05) is 11.9 Å². The van der Waals surface area contributed by atoms with Crippen LogP contribution in [0.2, 0.25) is 0 Å². The van der Waals surface area contributed by atoms with Crippen molar-refractivity contribution >= 4 is 57.6 Å². The number of thioether (sulfide) groups is 2. The zero-order valence-electron chi connectivity index (χ0n) is 11.7. The quantitative estimate of drug-likeness (QED) is 0.500. The van der Waals surface area contributed by atoms with Crippen molar-refractivity contribution in [1.82, 2.24) is 4.90 Å². The van der Waals surface area contributed by atoms with Gasteiger partial charge in [-0.15, -0.1) is 0 Å². The third kappa shape index (κ3) is 4.22. The highest BCUT2D eigenvalue weighted by atomic mass is 32.2. The summed E-state index contributed by atoms with van der Waals surface area (Å²) in [5.41, 5.74) is 0.658. The van der Waals surface area contributed by atoms with Crippen LogP contribution in [0, 0.1) is 10.7 Å². The summed E-state index contributed by atoms with van der Waals surface area (Å²) in [7, 11) is 0. The number of thiocarbonyl (C=S) groups is 1. The molecule has 0 aliphatic carbocycles. The van der Waals surface area contributed by atoms with Crippen LogP contribution >= 0.6 is 35.7 Å². The monoisotopic (exact) mass is 351 g/mol. The highest BCUT2D eigenvalue weighted by molar-refractivity contribution is 8.24. The molecule has 1 aliphatic heterocycles. The van der Waals surface area contributed by atoms with Gasteiger partial charge in [0.1, 0.15) is 9.72 Å². The number of rotatable bonds is 5. The number of anilines is 1. The molecule has 5 nitrogen and oxygen atoms in total. The summed E-state index contributed by atoms with van der Waals surface area (Å²) >= 11 is 7.53. The minimum atomic E-state index is -0.180. The van der Waals surface area contributed by atoms with Crippen molar-refractivity contribution in [2.45, 2.75) is 23.5 Å². The summed E-state index contributed by atoms with van der Waals surface area (Å²) in [5, 5.41) is 13.1. The van der Waals surface area contributed by atoms with Gasteiger partial charge in [0.25, 0.3) is 0 Å². The smallest absolute Gasteiger partial charge is 0.241 e. The summed E-state index contributed by atoms with van der Waals surface area (Å²) in [5.74, 6) is -0.221. The third-order valence-electron chi connectivity index (χ3n) is 2.98. The van der Waals surface area contributed by atoms with E-state index in [1.165, 1.54) is 16.7 Å². The van der Waals surface area contributed by atoms with E-state index in [1.807, 2.05) is 5.40 Å². The van der Waals surface area contributed by atoms with Crippen LogP contribution in [0.15, 0.2) is 29.2 Å². The Kier molecular flexibility index (Phi) is 5.83. The first-order chi connectivity index (χ1) is 10.5. The van der Waals surface area contributed by atoms with Crippen LogP contribution < -0.4 is 5.32 Å². The van der Waals surface area contributed by atoms with Crippen molar-refractivity contribution in [2.24, 2.45) is 0 Å². The first-order valence-electron chi connectivity index (χ1n) is 6.49. The molecule has 0 spiro atoms. The van der Waals surface area contributed by atoms with E-state index in [0.717, 1.165) is 16.7 Å². The van der Waals surface area contributed by atoms with Crippen molar-refractivity contribution in [3.8, 4) is 5.40 Å². The second kappa shape index (κ2) is 7.63. The van der Waals surface area contributed by atoms with Gasteiger partial charge >= 0.3 is 0 Å². The Labute approximate surface area is 142 Å². The average molecular weight is 351 g/mol. The van der Waals surface area contributed by atoms with Crippen molar-refractivity contribution in [3.05, 3.63) is 24.3 Å². The molecule has 114 valence electrons. The molecule has 1 saturated heterocycles. The van der Waals surface area contributed by atoms with E-state index >= 15 is 0 Å². The standard InChI is InChI=1S/C14H13N3O2S3/c1-9-13(19)17(14(20)22-9)7-6-12(18)16-10-2-4-11(5-3-10)21-8-15/h2-5,9H,6-7H2,1H3,(H,16,18). The van der Waals surface area contributed by atoms with E-state index in [-0.39, 0.29) is 23.5 Å². The van der Waals surface area contributed by atoms with Gasteiger partial charge in [0.05, 0.1) is 5.25 Å². The molecule has 0 aromatic heterocycles. The van der Waals surface area contributed by atoms with Crippen LogP contribution in [0.3, 0.4) is 0 Å². The van der Waals surface area contributed by atoms with Crippen molar-refractivity contribution in [3.63, 3.8) is 0 Å². The van der Waals surface area contributed by atoms with Gasteiger partial charge in [0, 0.05) is 23.5 Å². The number of hydrogen-bond acceptors (Lipinski definition) is 6. The molecule has 1 aromatic carbocycles. The molecular formula is C14H13N3O2S3. The number of carbonyl (C=O) groups is 2. The summed E-state index contributed by atoms with van der Waals surface area (Å²) in [6, 6.07) is 7.00. The fourth-order valence-corrected chi connectivity index (χ4v) is 3.70. The molecule has 0 saturated carbocycles. The maximum absolute atomic E-state index is 11.9. The summed E-state index contributed by atoms with van der Waals surface area (Å²) < 4.78 is 0.531. The fourth-order valence-electron chi connectivity index (χ4n) is 1.87. The average Bonchev–Trinajstić information content (AvgIpc) is 2.72. The zero-order chi connectivity index (χ0) is 16.1. The highest BCUT2D eigenvalue weighted by Crippen LogP contribution is 2.26. The maximum atomic E-state index is 11.9. The minimum absolute atomic E-state index is 0.0410. The zero-order valence-corrected chi connectivity index (χ0v) is 14.2. The molecule has 1 atom stereocenters. The highest BCUT2D eigenvalue weighted by Gasteiger charge is 2.33.